The first-order chi connectivity index (χ1) is 7.56. The topological polar surface area (TPSA) is 43.1 Å². The van der Waals surface area contributed by atoms with Crippen molar-refractivity contribution in [2.24, 2.45) is 0 Å². The highest BCUT2D eigenvalue weighted by atomic mass is 16.6. The molecule has 0 amide bonds. The summed E-state index contributed by atoms with van der Waals surface area (Å²) in [6.45, 7) is 9.39. The van der Waals surface area contributed by atoms with Gasteiger partial charge >= 0.3 is 0 Å². The minimum Gasteiger partial charge on any atom is -0.258 e. The van der Waals surface area contributed by atoms with E-state index in [4.69, 9.17) is 0 Å². The van der Waals surface area contributed by atoms with E-state index in [1.807, 2.05) is 13.0 Å². The zero-order valence-electron chi connectivity index (χ0n) is 9.14. The number of nitro groups is 1. The highest BCUT2D eigenvalue weighted by molar-refractivity contribution is 5.77. The van der Waals surface area contributed by atoms with E-state index >= 15 is 0 Å². The summed E-state index contributed by atoms with van der Waals surface area (Å²) >= 11 is 0. The third-order valence-corrected chi connectivity index (χ3v) is 2.25. The fraction of sp³-hybridized carbons (Fsp3) is 0.0769. The fourth-order valence-electron chi connectivity index (χ4n) is 1.31. The first kappa shape index (κ1) is 11.9. The molecule has 1 aromatic carbocycles. The molecule has 3 nitrogen and oxygen atoms in total. The van der Waals surface area contributed by atoms with Crippen LogP contribution in [-0.4, -0.2) is 4.92 Å². The maximum absolute atomic E-state index is 10.6. The Morgan fingerprint density at radius 3 is 2.75 bits per heavy atom. The van der Waals surface area contributed by atoms with Crippen molar-refractivity contribution in [3.05, 3.63) is 70.8 Å². The zero-order chi connectivity index (χ0) is 12.1. The van der Waals surface area contributed by atoms with Gasteiger partial charge in [-0.25, -0.2) is 0 Å². The first-order valence-electron chi connectivity index (χ1n) is 4.79. The van der Waals surface area contributed by atoms with Gasteiger partial charge < -0.3 is 0 Å². The van der Waals surface area contributed by atoms with Crippen molar-refractivity contribution in [1.29, 1.82) is 0 Å². The largest absolute Gasteiger partial charge is 0.270 e. The number of hydrogen-bond donors (Lipinski definition) is 0. The molecule has 0 unspecified atom stereocenters. The van der Waals surface area contributed by atoms with Gasteiger partial charge in [-0.3, -0.25) is 10.1 Å². The van der Waals surface area contributed by atoms with Crippen LogP contribution in [0.4, 0.5) is 5.69 Å². The summed E-state index contributed by atoms with van der Waals surface area (Å²) in [5.41, 5.74) is 2.54. The van der Waals surface area contributed by atoms with Crippen molar-refractivity contribution >= 4 is 11.3 Å². The molecule has 16 heavy (non-hydrogen) atoms. The Kier molecular flexibility index (Phi) is 3.78. The molecule has 0 saturated carbocycles. The van der Waals surface area contributed by atoms with Crippen LogP contribution in [0.3, 0.4) is 0 Å². The van der Waals surface area contributed by atoms with Crippen LogP contribution in [0, 0.1) is 10.1 Å². The second-order valence-electron chi connectivity index (χ2n) is 3.37. The van der Waals surface area contributed by atoms with E-state index in [1.165, 1.54) is 12.1 Å². The monoisotopic (exact) mass is 215 g/mol. The molecule has 0 atom stereocenters. The SMILES string of the molecule is C=C/C=C(/C)C(=C)c1cccc([N+](=O)[O-])c1. The molecule has 0 aliphatic heterocycles. The zero-order valence-corrected chi connectivity index (χ0v) is 9.14. The van der Waals surface area contributed by atoms with E-state index < -0.39 is 4.92 Å². The third-order valence-electron chi connectivity index (χ3n) is 2.25. The smallest absolute Gasteiger partial charge is 0.258 e. The van der Waals surface area contributed by atoms with E-state index in [0.717, 1.165) is 16.7 Å². The Morgan fingerprint density at radius 1 is 1.50 bits per heavy atom. The normalized spacial score (nSPS) is 10.9. The number of non-ortho nitro benzene ring substituents is 1. The molecule has 0 heterocycles. The second-order valence-corrected chi connectivity index (χ2v) is 3.37. The molecule has 0 aliphatic rings. The van der Waals surface area contributed by atoms with Crippen molar-refractivity contribution in [2.45, 2.75) is 6.92 Å². The molecule has 0 bridgehead atoms. The van der Waals surface area contributed by atoms with Crippen LogP contribution in [0.1, 0.15) is 12.5 Å². The minimum absolute atomic E-state index is 0.0741. The van der Waals surface area contributed by atoms with Crippen molar-refractivity contribution in [3.63, 3.8) is 0 Å². The van der Waals surface area contributed by atoms with Gasteiger partial charge in [0.05, 0.1) is 4.92 Å². The van der Waals surface area contributed by atoms with Crippen LogP contribution in [0.25, 0.3) is 5.57 Å². The Labute approximate surface area is 94.6 Å². The summed E-state index contributed by atoms with van der Waals surface area (Å²) in [6, 6.07) is 6.43. The average Bonchev–Trinajstić information content (AvgIpc) is 2.28. The number of benzene rings is 1. The van der Waals surface area contributed by atoms with Gasteiger partial charge in [-0.05, 0) is 23.6 Å². The number of nitro benzene ring substituents is 1. The lowest BCUT2D eigenvalue weighted by atomic mass is 10.00. The molecule has 0 aliphatic carbocycles. The summed E-state index contributed by atoms with van der Waals surface area (Å²) in [7, 11) is 0. The van der Waals surface area contributed by atoms with Crippen LogP contribution in [0.2, 0.25) is 0 Å². The lowest BCUT2D eigenvalue weighted by molar-refractivity contribution is -0.384. The van der Waals surface area contributed by atoms with Crippen molar-refractivity contribution in [3.8, 4) is 0 Å². The molecule has 1 aromatic rings. The van der Waals surface area contributed by atoms with Gasteiger partial charge in [-0.1, -0.05) is 37.4 Å². The number of hydrogen-bond acceptors (Lipinski definition) is 2. The van der Waals surface area contributed by atoms with E-state index in [9.17, 15) is 10.1 Å². The first-order valence-corrected chi connectivity index (χ1v) is 4.79. The fourth-order valence-corrected chi connectivity index (χ4v) is 1.31. The summed E-state index contributed by atoms with van der Waals surface area (Å²) in [5, 5.41) is 10.6. The van der Waals surface area contributed by atoms with Gasteiger partial charge in [0.1, 0.15) is 0 Å². The molecule has 3 heteroatoms. The molecule has 0 saturated heterocycles. The quantitative estimate of drug-likeness (QED) is 0.436. The Morgan fingerprint density at radius 2 is 2.19 bits per heavy atom. The summed E-state index contributed by atoms with van der Waals surface area (Å²) in [6.07, 6.45) is 3.49. The van der Waals surface area contributed by atoms with Gasteiger partial charge in [0, 0.05) is 12.1 Å². The minimum atomic E-state index is -0.413. The number of rotatable bonds is 4. The van der Waals surface area contributed by atoms with E-state index in [0.29, 0.717) is 0 Å². The maximum Gasteiger partial charge on any atom is 0.270 e. The summed E-state index contributed by atoms with van der Waals surface area (Å²) in [4.78, 5) is 10.2. The number of allylic oxidation sites excluding steroid dienone is 4. The lowest BCUT2D eigenvalue weighted by Gasteiger charge is -2.05. The molecule has 0 fully saturated rings. The van der Waals surface area contributed by atoms with Crippen LogP contribution in [0.15, 0.2) is 55.1 Å². The van der Waals surface area contributed by atoms with Crippen molar-refractivity contribution in [2.75, 3.05) is 0 Å². The maximum atomic E-state index is 10.6. The van der Waals surface area contributed by atoms with Gasteiger partial charge in [0.25, 0.3) is 5.69 Å². The standard InChI is InChI=1S/C13H13NO2/c1-4-6-10(2)11(3)12-7-5-8-13(9-12)14(15)16/h4-9H,1,3H2,2H3/b10-6-. The van der Waals surface area contributed by atoms with E-state index in [-0.39, 0.29) is 5.69 Å². The summed E-state index contributed by atoms with van der Waals surface area (Å²) in [5.74, 6) is 0. The Balaban J connectivity index is 3.10. The molecule has 0 radical (unpaired) electrons. The van der Waals surface area contributed by atoms with Crippen molar-refractivity contribution < 1.29 is 4.92 Å². The molecule has 1 rings (SSSR count). The summed E-state index contributed by atoms with van der Waals surface area (Å²) < 4.78 is 0. The highest BCUT2D eigenvalue weighted by Crippen LogP contribution is 2.24. The predicted molar refractivity (Wildman–Crippen MR) is 66.1 cm³/mol. The average molecular weight is 215 g/mol. The van der Waals surface area contributed by atoms with Gasteiger partial charge in [0.2, 0.25) is 0 Å². The molecule has 0 aromatic heterocycles. The third kappa shape index (κ3) is 2.67. The molecular formula is C13H13NO2. The van der Waals surface area contributed by atoms with Crippen molar-refractivity contribution in [1.82, 2.24) is 0 Å². The predicted octanol–water partition coefficient (Wildman–Crippen LogP) is 3.74. The van der Waals surface area contributed by atoms with E-state index in [2.05, 4.69) is 13.2 Å². The van der Waals surface area contributed by atoms with E-state index in [1.54, 1.807) is 18.2 Å². The molecule has 0 N–H and O–H groups in total. The lowest BCUT2D eigenvalue weighted by Crippen LogP contribution is -1.90. The Hall–Kier alpha value is -2.16. The van der Waals surface area contributed by atoms with Crippen LogP contribution in [0.5, 0.6) is 0 Å². The molecule has 82 valence electrons. The molecular weight excluding hydrogens is 202 g/mol. The van der Waals surface area contributed by atoms with Gasteiger partial charge in [0.15, 0.2) is 0 Å². The second kappa shape index (κ2) is 5.07. The van der Waals surface area contributed by atoms with Crippen LogP contribution in [-0.2, 0) is 0 Å². The van der Waals surface area contributed by atoms with Gasteiger partial charge in [-0.2, -0.15) is 0 Å². The number of nitrogens with zero attached hydrogens (tertiary/aromatic N) is 1. The Bertz CT molecular complexity index is 473. The van der Waals surface area contributed by atoms with Crippen LogP contribution >= 0.6 is 0 Å². The molecule has 0 spiro atoms. The van der Waals surface area contributed by atoms with Crippen LogP contribution < -0.4 is 0 Å². The highest BCUT2D eigenvalue weighted by Gasteiger charge is 2.08. The van der Waals surface area contributed by atoms with Gasteiger partial charge in [-0.15, -0.1) is 0 Å².